The van der Waals surface area contributed by atoms with Crippen molar-refractivity contribution in [3.05, 3.63) is 30.1 Å². The van der Waals surface area contributed by atoms with Gasteiger partial charge in [0.1, 0.15) is 5.82 Å². The molecule has 30 heavy (non-hydrogen) atoms. The van der Waals surface area contributed by atoms with Gasteiger partial charge < -0.3 is 25.0 Å². The van der Waals surface area contributed by atoms with Gasteiger partial charge in [-0.2, -0.15) is 0 Å². The van der Waals surface area contributed by atoms with Gasteiger partial charge in [0.25, 0.3) is 0 Å². The molecule has 8 heteroatoms. The second-order valence-electron chi connectivity index (χ2n) is 8.16. The summed E-state index contributed by atoms with van der Waals surface area (Å²) in [5.74, 6) is 1.78. The van der Waals surface area contributed by atoms with Gasteiger partial charge >= 0.3 is 0 Å². The molecule has 1 aliphatic heterocycles. The standard InChI is InChI=1S/C22H36N6O2/c1-4-23-21(25-16-22(3,29)17-27-12-14-30-15-13-27)24-10-7-11-28-18(2)26-19-8-5-6-9-20(19)28/h5-6,8-9,29H,4,7,10-17H2,1-3H3,(H2,23,24,25). The van der Waals surface area contributed by atoms with Crippen LogP contribution < -0.4 is 10.6 Å². The lowest BCUT2D eigenvalue weighted by molar-refractivity contribution is -0.0179. The van der Waals surface area contributed by atoms with E-state index in [1.54, 1.807) is 0 Å². The maximum Gasteiger partial charge on any atom is 0.191 e. The smallest absolute Gasteiger partial charge is 0.191 e. The molecule has 1 saturated heterocycles. The number of fused-ring (bicyclic) bond motifs is 1. The molecule has 3 rings (SSSR count). The van der Waals surface area contributed by atoms with Crippen LogP contribution in [0.25, 0.3) is 11.0 Å². The first-order valence-electron chi connectivity index (χ1n) is 10.9. The molecule has 0 radical (unpaired) electrons. The van der Waals surface area contributed by atoms with Gasteiger partial charge in [0.2, 0.25) is 0 Å². The number of β-amino-alcohol motifs (C(OH)–C–C–N with tert-alkyl or cyclic N) is 1. The molecule has 0 amide bonds. The molecule has 0 spiro atoms. The Morgan fingerprint density at radius 1 is 1.27 bits per heavy atom. The number of aliphatic hydroxyl groups is 1. The van der Waals surface area contributed by atoms with Crippen molar-refractivity contribution in [1.29, 1.82) is 0 Å². The van der Waals surface area contributed by atoms with E-state index in [0.717, 1.165) is 69.7 Å². The number of para-hydroxylation sites is 2. The van der Waals surface area contributed by atoms with E-state index in [-0.39, 0.29) is 0 Å². The highest BCUT2D eigenvalue weighted by molar-refractivity contribution is 5.79. The fourth-order valence-electron chi connectivity index (χ4n) is 3.80. The Labute approximate surface area is 179 Å². The van der Waals surface area contributed by atoms with Gasteiger partial charge in [-0.05, 0) is 39.3 Å². The molecule has 2 heterocycles. The maximum atomic E-state index is 10.8. The summed E-state index contributed by atoms with van der Waals surface area (Å²) in [4.78, 5) is 11.5. The van der Waals surface area contributed by atoms with Crippen molar-refractivity contribution in [2.45, 2.75) is 39.3 Å². The van der Waals surface area contributed by atoms with Crippen LogP contribution in [0.5, 0.6) is 0 Å². The molecule has 1 aliphatic rings. The Morgan fingerprint density at radius 2 is 2.03 bits per heavy atom. The van der Waals surface area contributed by atoms with Crippen LogP contribution in [0.15, 0.2) is 29.3 Å². The van der Waals surface area contributed by atoms with Gasteiger partial charge in [-0.15, -0.1) is 0 Å². The van der Waals surface area contributed by atoms with E-state index in [1.165, 1.54) is 5.52 Å². The first kappa shape index (κ1) is 22.5. The van der Waals surface area contributed by atoms with Gasteiger partial charge in [-0.1, -0.05) is 12.1 Å². The van der Waals surface area contributed by atoms with E-state index in [1.807, 2.05) is 19.9 Å². The summed E-state index contributed by atoms with van der Waals surface area (Å²) in [5.41, 5.74) is 1.35. The fraction of sp³-hybridized carbons (Fsp3) is 0.636. The van der Waals surface area contributed by atoms with Crippen molar-refractivity contribution in [3.63, 3.8) is 0 Å². The predicted molar refractivity (Wildman–Crippen MR) is 121 cm³/mol. The third-order valence-corrected chi connectivity index (χ3v) is 5.29. The Bertz CT molecular complexity index is 826. The van der Waals surface area contributed by atoms with Crippen molar-refractivity contribution in [2.75, 3.05) is 52.5 Å². The van der Waals surface area contributed by atoms with Crippen molar-refractivity contribution < 1.29 is 9.84 Å². The number of aryl methyl sites for hydroxylation is 2. The fourth-order valence-corrected chi connectivity index (χ4v) is 3.80. The number of aliphatic imine (C=N–C) groups is 1. The van der Waals surface area contributed by atoms with Gasteiger partial charge in [-0.25, -0.2) is 4.98 Å². The van der Waals surface area contributed by atoms with Crippen LogP contribution in [-0.4, -0.2) is 83.6 Å². The number of imidazole rings is 1. The number of hydrogen-bond acceptors (Lipinski definition) is 5. The van der Waals surface area contributed by atoms with Crippen LogP contribution in [0, 0.1) is 6.92 Å². The number of hydrogen-bond donors (Lipinski definition) is 3. The van der Waals surface area contributed by atoms with Crippen LogP contribution in [0.2, 0.25) is 0 Å². The highest BCUT2D eigenvalue weighted by Gasteiger charge is 2.25. The summed E-state index contributed by atoms with van der Waals surface area (Å²) in [6, 6.07) is 8.24. The topological polar surface area (TPSA) is 86.9 Å². The molecule has 1 aromatic heterocycles. The highest BCUT2D eigenvalue weighted by atomic mass is 16.5. The lowest BCUT2D eigenvalue weighted by atomic mass is 10.1. The second-order valence-corrected chi connectivity index (χ2v) is 8.16. The normalized spacial score (nSPS) is 17.8. The zero-order valence-corrected chi connectivity index (χ0v) is 18.5. The lowest BCUT2D eigenvalue weighted by Crippen LogP contribution is -2.48. The van der Waals surface area contributed by atoms with E-state index < -0.39 is 5.60 Å². The Kier molecular flexibility index (Phi) is 8.07. The number of guanidine groups is 1. The predicted octanol–water partition coefficient (Wildman–Crippen LogP) is 1.37. The summed E-state index contributed by atoms with van der Waals surface area (Å²) in [6.45, 7) is 12.6. The SMILES string of the molecule is CCNC(=NCC(C)(O)CN1CCOCC1)NCCCn1c(C)nc2ccccc21. The minimum atomic E-state index is -0.869. The average Bonchev–Trinajstić information content (AvgIpc) is 3.05. The minimum absolute atomic E-state index is 0.352. The molecule has 0 saturated carbocycles. The van der Waals surface area contributed by atoms with Crippen LogP contribution in [0.1, 0.15) is 26.1 Å². The van der Waals surface area contributed by atoms with Gasteiger partial charge in [-0.3, -0.25) is 9.89 Å². The van der Waals surface area contributed by atoms with E-state index in [4.69, 9.17) is 4.74 Å². The molecule has 8 nitrogen and oxygen atoms in total. The monoisotopic (exact) mass is 416 g/mol. The number of aromatic nitrogens is 2. The average molecular weight is 417 g/mol. The van der Waals surface area contributed by atoms with Crippen molar-refractivity contribution in [2.24, 2.45) is 4.99 Å². The van der Waals surface area contributed by atoms with E-state index >= 15 is 0 Å². The Morgan fingerprint density at radius 3 is 2.80 bits per heavy atom. The quantitative estimate of drug-likeness (QED) is 0.325. The summed E-state index contributed by atoms with van der Waals surface area (Å²) >= 11 is 0. The summed E-state index contributed by atoms with van der Waals surface area (Å²) in [5, 5.41) is 17.4. The number of morpholine rings is 1. The molecule has 1 fully saturated rings. The number of ether oxygens (including phenoxy) is 1. The third-order valence-electron chi connectivity index (χ3n) is 5.29. The first-order valence-corrected chi connectivity index (χ1v) is 10.9. The van der Waals surface area contributed by atoms with Crippen molar-refractivity contribution in [3.8, 4) is 0 Å². The number of nitrogens with one attached hydrogen (secondary N) is 2. The molecule has 166 valence electrons. The van der Waals surface area contributed by atoms with E-state index in [2.05, 4.69) is 55.2 Å². The molecule has 0 bridgehead atoms. The van der Waals surface area contributed by atoms with E-state index in [9.17, 15) is 5.11 Å². The van der Waals surface area contributed by atoms with Gasteiger partial charge in [0, 0.05) is 39.3 Å². The highest BCUT2D eigenvalue weighted by Crippen LogP contribution is 2.15. The molecule has 1 atom stereocenters. The maximum absolute atomic E-state index is 10.8. The number of rotatable bonds is 9. The zero-order valence-electron chi connectivity index (χ0n) is 18.5. The molecular weight excluding hydrogens is 380 g/mol. The molecule has 1 unspecified atom stereocenters. The van der Waals surface area contributed by atoms with Crippen LogP contribution in [-0.2, 0) is 11.3 Å². The molecular formula is C22H36N6O2. The van der Waals surface area contributed by atoms with Gasteiger partial charge in [0.05, 0.1) is 36.4 Å². The number of nitrogens with zero attached hydrogens (tertiary/aromatic N) is 4. The van der Waals surface area contributed by atoms with Crippen LogP contribution in [0.3, 0.4) is 0 Å². The van der Waals surface area contributed by atoms with Crippen molar-refractivity contribution in [1.82, 2.24) is 25.1 Å². The lowest BCUT2D eigenvalue weighted by Gasteiger charge is -2.33. The number of benzene rings is 1. The molecule has 2 aromatic rings. The first-order chi connectivity index (χ1) is 14.5. The summed E-state index contributed by atoms with van der Waals surface area (Å²) < 4.78 is 7.64. The van der Waals surface area contributed by atoms with E-state index in [0.29, 0.717) is 13.1 Å². The summed E-state index contributed by atoms with van der Waals surface area (Å²) in [6.07, 6.45) is 0.954. The van der Waals surface area contributed by atoms with Crippen LogP contribution in [0.4, 0.5) is 0 Å². The minimum Gasteiger partial charge on any atom is -0.387 e. The molecule has 3 N–H and O–H groups in total. The van der Waals surface area contributed by atoms with Gasteiger partial charge in [0.15, 0.2) is 5.96 Å². The second kappa shape index (κ2) is 10.7. The summed E-state index contributed by atoms with van der Waals surface area (Å²) in [7, 11) is 0. The zero-order chi connectivity index (χ0) is 21.4. The van der Waals surface area contributed by atoms with Crippen molar-refractivity contribution >= 4 is 17.0 Å². The third kappa shape index (κ3) is 6.42. The molecule has 0 aliphatic carbocycles. The largest absolute Gasteiger partial charge is 0.387 e. The van der Waals surface area contributed by atoms with Crippen LogP contribution >= 0.6 is 0 Å². The molecule has 1 aromatic carbocycles. The Balaban J connectivity index is 1.49. The Hall–Kier alpha value is -2.16.